The first-order valence-electron chi connectivity index (χ1n) is 5.96. The number of aromatic nitrogens is 1. The quantitative estimate of drug-likeness (QED) is 0.712. The highest BCUT2D eigenvalue weighted by Crippen LogP contribution is 2.33. The van der Waals surface area contributed by atoms with E-state index in [-0.39, 0.29) is 33.5 Å². The molecular weight excluding hydrogens is 345 g/mol. The number of rotatable bonds is 3. The maximum atomic E-state index is 13.9. The Hall–Kier alpha value is -1.53. The minimum Gasteiger partial charge on any atom is -0.495 e. The number of ether oxygens (including phenoxy) is 1. The van der Waals surface area contributed by atoms with Gasteiger partial charge in [0.15, 0.2) is 0 Å². The van der Waals surface area contributed by atoms with Crippen LogP contribution >= 0.6 is 23.2 Å². The van der Waals surface area contributed by atoms with Gasteiger partial charge in [-0.2, -0.15) is 13.2 Å². The van der Waals surface area contributed by atoms with Crippen LogP contribution in [0.4, 0.5) is 17.6 Å². The Balaban J connectivity index is 2.36. The molecule has 1 aromatic heterocycles. The first-order chi connectivity index (χ1) is 10.2. The summed E-state index contributed by atoms with van der Waals surface area (Å²) in [5, 5.41) is -0.0987. The van der Waals surface area contributed by atoms with E-state index >= 15 is 0 Å². The van der Waals surface area contributed by atoms with Gasteiger partial charge >= 0.3 is 6.18 Å². The van der Waals surface area contributed by atoms with Gasteiger partial charge in [0.2, 0.25) is 0 Å². The number of methoxy groups -OCH3 is 1. The molecule has 2 nitrogen and oxygen atoms in total. The number of hydrogen-bond donors (Lipinski definition) is 0. The summed E-state index contributed by atoms with van der Waals surface area (Å²) in [4.78, 5) is 3.67. The molecular formula is C14H9Cl2F4NO. The number of pyridine rings is 1. The van der Waals surface area contributed by atoms with Crippen LogP contribution in [-0.4, -0.2) is 12.1 Å². The van der Waals surface area contributed by atoms with Crippen molar-refractivity contribution in [2.75, 3.05) is 7.11 Å². The fourth-order valence-electron chi connectivity index (χ4n) is 1.79. The molecule has 2 rings (SSSR count). The van der Waals surface area contributed by atoms with Crippen LogP contribution in [0.2, 0.25) is 10.0 Å². The van der Waals surface area contributed by atoms with Crippen molar-refractivity contribution in [1.82, 2.24) is 4.98 Å². The van der Waals surface area contributed by atoms with E-state index in [1.165, 1.54) is 13.2 Å². The summed E-state index contributed by atoms with van der Waals surface area (Å²) in [6.45, 7) is 0. The first kappa shape index (κ1) is 16.8. The molecule has 22 heavy (non-hydrogen) atoms. The third-order valence-electron chi connectivity index (χ3n) is 2.92. The topological polar surface area (TPSA) is 22.1 Å². The van der Waals surface area contributed by atoms with E-state index in [2.05, 4.69) is 4.98 Å². The minimum absolute atomic E-state index is 0.0870. The van der Waals surface area contributed by atoms with Gasteiger partial charge in [0, 0.05) is 12.6 Å². The van der Waals surface area contributed by atoms with Gasteiger partial charge in [0.05, 0.1) is 28.4 Å². The molecule has 2 aromatic rings. The molecule has 0 N–H and O–H groups in total. The van der Waals surface area contributed by atoms with Crippen molar-refractivity contribution in [2.45, 2.75) is 12.6 Å². The summed E-state index contributed by atoms with van der Waals surface area (Å²) in [6, 6.07) is 3.18. The molecule has 1 heterocycles. The van der Waals surface area contributed by atoms with Crippen LogP contribution < -0.4 is 4.74 Å². The second kappa shape index (κ2) is 6.30. The molecule has 0 amide bonds. The highest BCUT2D eigenvalue weighted by molar-refractivity contribution is 6.32. The Morgan fingerprint density at radius 2 is 1.82 bits per heavy atom. The predicted molar refractivity (Wildman–Crippen MR) is 75.0 cm³/mol. The second-order valence-corrected chi connectivity index (χ2v) is 5.22. The van der Waals surface area contributed by atoms with Crippen molar-refractivity contribution in [3.63, 3.8) is 0 Å². The van der Waals surface area contributed by atoms with Gasteiger partial charge in [0.25, 0.3) is 0 Å². The summed E-state index contributed by atoms with van der Waals surface area (Å²) >= 11 is 11.6. The molecule has 118 valence electrons. The van der Waals surface area contributed by atoms with Crippen LogP contribution in [0, 0.1) is 5.82 Å². The van der Waals surface area contributed by atoms with Crippen molar-refractivity contribution in [3.05, 3.63) is 57.1 Å². The lowest BCUT2D eigenvalue weighted by Gasteiger charge is -2.11. The number of alkyl halides is 3. The van der Waals surface area contributed by atoms with Gasteiger partial charge in [0.1, 0.15) is 11.6 Å². The van der Waals surface area contributed by atoms with E-state index < -0.39 is 17.6 Å². The third kappa shape index (κ3) is 3.62. The summed E-state index contributed by atoms with van der Waals surface area (Å²) in [5.74, 6) is -0.371. The molecule has 1 aromatic carbocycles. The molecule has 0 aliphatic heterocycles. The fourth-order valence-corrected chi connectivity index (χ4v) is 2.26. The molecule has 0 unspecified atom stereocenters. The van der Waals surface area contributed by atoms with Crippen molar-refractivity contribution in [2.24, 2.45) is 0 Å². The van der Waals surface area contributed by atoms with Crippen LogP contribution in [0.25, 0.3) is 0 Å². The molecule has 0 saturated carbocycles. The number of hydrogen-bond acceptors (Lipinski definition) is 2. The van der Waals surface area contributed by atoms with E-state index in [1.807, 2.05) is 0 Å². The SMILES string of the molecule is COc1cc(Cc2ncc(C(F)(F)F)cc2Cl)c(F)cc1Cl. The Kier molecular flexibility index (Phi) is 4.82. The Morgan fingerprint density at radius 1 is 1.14 bits per heavy atom. The first-order valence-corrected chi connectivity index (χ1v) is 6.71. The highest BCUT2D eigenvalue weighted by Gasteiger charge is 2.31. The van der Waals surface area contributed by atoms with Crippen molar-refractivity contribution < 1.29 is 22.3 Å². The molecule has 0 radical (unpaired) electrons. The van der Waals surface area contributed by atoms with Crippen LogP contribution in [0.15, 0.2) is 24.4 Å². The Labute approximate surface area is 133 Å². The second-order valence-electron chi connectivity index (χ2n) is 4.41. The Morgan fingerprint density at radius 3 is 2.36 bits per heavy atom. The fraction of sp³-hybridized carbons (Fsp3) is 0.214. The molecule has 0 aliphatic rings. The van der Waals surface area contributed by atoms with Gasteiger partial charge in [-0.05, 0) is 23.8 Å². The lowest BCUT2D eigenvalue weighted by Crippen LogP contribution is -2.07. The maximum absolute atomic E-state index is 13.9. The van der Waals surface area contributed by atoms with Crippen molar-refractivity contribution in [1.29, 1.82) is 0 Å². The predicted octanol–water partition coefficient (Wildman–Crippen LogP) is 5.15. The van der Waals surface area contributed by atoms with E-state index in [1.54, 1.807) is 0 Å². The van der Waals surface area contributed by atoms with Gasteiger partial charge in [-0.15, -0.1) is 0 Å². The van der Waals surface area contributed by atoms with Crippen LogP contribution in [0.5, 0.6) is 5.75 Å². The van der Waals surface area contributed by atoms with Gasteiger partial charge in [-0.1, -0.05) is 23.2 Å². The molecule has 8 heteroatoms. The van der Waals surface area contributed by atoms with Gasteiger partial charge in [-0.25, -0.2) is 4.39 Å². The molecule has 0 spiro atoms. The van der Waals surface area contributed by atoms with Crippen LogP contribution in [0.1, 0.15) is 16.8 Å². The summed E-state index contributed by atoms with van der Waals surface area (Å²) < 4.78 is 56.5. The molecule has 0 atom stereocenters. The number of halogens is 6. The average molecular weight is 354 g/mol. The largest absolute Gasteiger partial charge is 0.495 e. The minimum atomic E-state index is -4.54. The van der Waals surface area contributed by atoms with E-state index in [9.17, 15) is 17.6 Å². The zero-order valence-electron chi connectivity index (χ0n) is 11.1. The van der Waals surface area contributed by atoms with Gasteiger partial charge < -0.3 is 4.74 Å². The summed E-state index contributed by atoms with van der Waals surface area (Å²) in [6.07, 6.45) is -3.97. The highest BCUT2D eigenvalue weighted by atomic mass is 35.5. The van der Waals surface area contributed by atoms with Gasteiger partial charge in [-0.3, -0.25) is 4.98 Å². The smallest absolute Gasteiger partial charge is 0.417 e. The summed E-state index contributed by atoms with van der Waals surface area (Å²) in [5.41, 5.74) is -0.677. The standard InChI is InChI=1S/C14H9Cl2F4NO/c1-22-13-3-7(11(17)5-10(13)16)2-12-9(15)4-8(6-21-12)14(18,19)20/h3-6H,2H2,1H3. The van der Waals surface area contributed by atoms with Crippen molar-refractivity contribution in [3.8, 4) is 5.75 Å². The lowest BCUT2D eigenvalue weighted by atomic mass is 10.1. The normalized spacial score (nSPS) is 11.6. The third-order valence-corrected chi connectivity index (χ3v) is 3.55. The molecule has 0 fully saturated rings. The maximum Gasteiger partial charge on any atom is 0.417 e. The Bertz CT molecular complexity index is 704. The van der Waals surface area contributed by atoms with E-state index in [4.69, 9.17) is 27.9 Å². The zero-order valence-corrected chi connectivity index (χ0v) is 12.7. The van der Waals surface area contributed by atoms with Crippen molar-refractivity contribution >= 4 is 23.2 Å². The molecule has 0 aliphatic carbocycles. The van der Waals surface area contributed by atoms with E-state index in [0.717, 1.165) is 12.1 Å². The molecule has 0 saturated heterocycles. The number of benzene rings is 1. The molecule has 0 bridgehead atoms. The van der Waals surface area contributed by atoms with E-state index in [0.29, 0.717) is 6.20 Å². The zero-order chi connectivity index (χ0) is 16.5. The van der Waals surface area contributed by atoms with Crippen LogP contribution in [0.3, 0.4) is 0 Å². The summed E-state index contributed by atoms with van der Waals surface area (Å²) in [7, 11) is 1.37. The average Bonchev–Trinajstić information content (AvgIpc) is 2.42. The van der Waals surface area contributed by atoms with Crippen LogP contribution in [-0.2, 0) is 12.6 Å². The monoisotopic (exact) mass is 353 g/mol. The number of nitrogens with zero attached hydrogens (tertiary/aromatic N) is 1. The lowest BCUT2D eigenvalue weighted by molar-refractivity contribution is -0.137.